The smallest absolute Gasteiger partial charge is 0.354 e. The number of hydrogen-bond acceptors (Lipinski definition) is 2. The minimum Gasteiger partial charge on any atom is -0.354 e. The van der Waals surface area contributed by atoms with E-state index in [2.05, 4.69) is 16.2 Å². The molecule has 92 valence electrons. The lowest BCUT2D eigenvalue weighted by Gasteiger charge is -1.98. The molecule has 0 aliphatic carbocycles. The Balaban J connectivity index is 2.06. The Hall–Kier alpha value is -2.75. The maximum atomic E-state index is 11.5. The number of aromatic amines is 2. The lowest BCUT2D eigenvalue weighted by atomic mass is 10.1. The zero-order valence-electron chi connectivity index (χ0n) is 9.94. The molecule has 2 aromatic carbocycles. The van der Waals surface area contributed by atoms with Gasteiger partial charge in [0.15, 0.2) is 0 Å². The molecule has 0 fully saturated rings. The zero-order chi connectivity index (χ0) is 12.8. The lowest BCUT2D eigenvalue weighted by molar-refractivity contribution is 0.400. The van der Waals surface area contributed by atoms with Crippen LogP contribution in [0.1, 0.15) is 0 Å². The van der Waals surface area contributed by atoms with Gasteiger partial charge in [0.2, 0.25) is 0 Å². The van der Waals surface area contributed by atoms with Gasteiger partial charge in [0.05, 0.1) is 10.9 Å². The highest BCUT2D eigenvalue weighted by molar-refractivity contribution is 5.95. The predicted molar refractivity (Wildman–Crippen MR) is 74.1 cm³/mol. The first kappa shape index (κ1) is 10.2. The van der Waals surface area contributed by atoms with Crippen LogP contribution in [-0.4, -0.2) is 10.1 Å². The van der Waals surface area contributed by atoms with Crippen molar-refractivity contribution in [3.8, 4) is 11.3 Å². The maximum absolute atomic E-state index is 11.5. The molecule has 0 amide bonds. The van der Waals surface area contributed by atoms with Crippen LogP contribution in [0, 0.1) is 0 Å². The number of rotatable bonds is 1. The Morgan fingerprint density at radius 3 is 2.79 bits per heavy atom. The van der Waals surface area contributed by atoms with Crippen molar-refractivity contribution in [1.82, 2.24) is 10.1 Å². The van der Waals surface area contributed by atoms with Crippen LogP contribution in [0.2, 0.25) is 0 Å². The van der Waals surface area contributed by atoms with E-state index in [1.165, 1.54) is 0 Å². The van der Waals surface area contributed by atoms with Gasteiger partial charge in [-0.2, -0.15) is 0 Å². The topological polar surface area (TPSA) is 61.8 Å². The highest BCUT2D eigenvalue weighted by Crippen LogP contribution is 2.28. The standard InChI is InChI=1S/C15H10N2O2/c18-15-11-6-3-5-10(14(11)17-19-15)13-8-9-4-1-2-7-12(9)16-13/h1-8,16-17H. The quantitative estimate of drug-likeness (QED) is 0.544. The predicted octanol–water partition coefficient (Wildman–Crippen LogP) is 3.27. The molecule has 2 N–H and O–H groups in total. The van der Waals surface area contributed by atoms with E-state index in [0.29, 0.717) is 5.39 Å². The van der Waals surface area contributed by atoms with Crippen LogP contribution in [0.4, 0.5) is 0 Å². The molecule has 0 saturated heterocycles. The van der Waals surface area contributed by atoms with Gasteiger partial charge in [0.25, 0.3) is 0 Å². The Morgan fingerprint density at radius 1 is 1.00 bits per heavy atom. The first-order valence-electron chi connectivity index (χ1n) is 6.01. The van der Waals surface area contributed by atoms with E-state index in [1.54, 1.807) is 6.07 Å². The SMILES string of the molecule is O=c1o[nH]c2c(-c3cc4ccccc4[nH]3)cccc12. The normalized spacial score (nSPS) is 11.4. The summed E-state index contributed by atoms with van der Waals surface area (Å²) >= 11 is 0. The van der Waals surface area contributed by atoms with Crippen LogP contribution < -0.4 is 5.63 Å². The molecule has 0 saturated carbocycles. The van der Waals surface area contributed by atoms with Crippen molar-refractivity contribution in [3.05, 3.63) is 59.0 Å². The first-order valence-corrected chi connectivity index (χ1v) is 6.01. The molecule has 0 spiro atoms. The molecule has 4 aromatic rings. The molecule has 0 bridgehead atoms. The van der Waals surface area contributed by atoms with E-state index in [1.807, 2.05) is 36.4 Å². The van der Waals surface area contributed by atoms with Crippen LogP contribution in [0.25, 0.3) is 33.1 Å². The van der Waals surface area contributed by atoms with Gasteiger partial charge in [-0.05, 0) is 18.2 Å². The van der Waals surface area contributed by atoms with Gasteiger partial charge in [0.1, 0.15) is 0 Å². The third kappa shape index (κ3) is 1.43. The molecule has 0 aliphatic rings. The average Bonchev–Trinajstić information content (AvgIpc) is 3.03. The fourth-order valence-electron chi connectivity index (χ4n) is 2.43. The number of hydrogen-bond donors (Lipinski definition) is 2. The molecular formula is C15H10N2O2. The van der Waals surface area contributed by atoms with Gasteiger partial charge >= 0.3 is 5.63 Å². The van der Waals surface area contributed by atoms with Gasteiger partial charge in [-0.1, -0.05) is 30.3 Å². The number of aromatic nitrogens is 2. The number of H-pyrrole nitrogens is 2. The summed E-state index contributed by atoms with van der Waals surface area (Å²) in [5.41, 5.74) is 3.34. The maximum Gasteiger partial charge on any atom is 0.365 e. The summed E-state index contributed by atoms with van der Waals surface area (Å²) in [5.74, 6) is 0. The Kier molecular flexibility index (Phi) is 1.94. The van der Waals surface area contributed by atoms with E-state index < -0.39 is 0 Å². The summed E-state index contributed by atoms with van der Waals surface area (Å²) in [7, 11) is 0. The fraction of sp³-hybridized carbons (Fsp3) is 0. The van der Waals surface area contributed by atoms with Crippen molar-refractivity contribution in [2.24, 2.45) is 0 Å². The Labute approximate surface area is 107 Å². The second-order valence-corrected chi connectivity index (χ2v) is 4.49. The molecule has 0 radical (unpaired) electrons. The monoisotopic (exact) mass is 250 g/mol. The van der Waals surface area contributed by atoms with E-state index in [0.717, 1.165) is 27.7 Å². The van der Waals surface area contributed by atoms with Crippen molar-refractivity contribution in [2.45, 2.75) is 0 Å². The molecular weight excluding hydrogens is 240 g/mol. The third-order valence-corrected chi connectivity index (χ3v) is 3.35. The largest absolute Gasteiger partial charge is 0.365 e. The van der Waals surface area contributed by atoms with Crippen LogP contribution in [0.15, 0.2) is 57.8 Å². The highest BCUT2D eigenvalue weighted by Gasteiger charge is 2.10. The molecule has 0 unspecified atom stereocenters. The number of para-hydroxylation sites is 2. The van der Waals surface area contributed by atoms with Gasteiger partial charge < -0.3 is 9.51 Å². The molecule has 2 heterocycles. The summed E-state index contributed by atoms with van der Waals surface area (Å²) < 4.78 is 4.86. The Bertz CT molecular complexity index is 910. The molecule has 2 aromatic heterocycles. The second-order valence-electron chi connectivity index (χ2n) is 4.49. The highest BCUT2D eigenvalue weighted by atomic mass is 16.5. The second kappa shape index (κ2) is 3.62. The first-order chi connectivity index (χ1) is 9.33. The van der Waals surface area contributed by atoms with E-state index in [-0.39, 0.29) is 5.63 Å². The molecule has 0 aliphatic heterocycles. The van der Waals surface area contributed by atoms with Crippen molar-refractivity contribution >= 4 is 21.8 Å². The van der Waals surface area contributed by atoms with Crippen LogP contribution in [0.3, 0.4) is 0 Å². The molecule has 4 nitrogen and oxygen atoms in total. The molecule has 4 heteroatoms. The minimum atomic E-state index is -0.340. The fourth-order valence-corrected chi connectivity index (χ4v) is 2.43. The van der Waals surface area contributed by atoms with Crippen molar-refractivity contribution in [3.63, 3.8) is 0 Å². The number of fused-ring (bicyclic) bond motifs is 2. The summed E-state index contributed by atoms with van der Waals surface area (Å²) in [6, 6.07) is 15.7. The van der Waals surface area contributed by atoms with Crippen LogP contribution in [0.5, 0.6) is 0 Å². The molecule has 19 heavy (non-hydrogen) atoms. The summed E-state index contributed by atoms with van der Waals surface area (Å²) in [6.07, 6.45) is 0. The minimum absolute atomic E-state index is 0.340. The van der Waals surface area contributed by atoms with Gasteiger partial charge in [-0.3, -0.25) is 0 Å². The summed E-state index contributed by atoms with van der Waals surface area (Å²) in [6.45, 7) is 0. The van der Waals surface area contributed by atoms with E-state index >= 15 is 0 Å². The van der Waals surface area contributed by atoms with Crippen molar-refractivity contribution in [2.75, 3.05) is 0 Å². The average molecular weight is 250 g/mol. The molecule has 4 rings (SSSR count). The van der Waals surface area contributed by atoms with E-state index in [4.69, 9.17) is 4.52 Å². The zero-order valence-corrected chi connectivity index (χ0v) is 9.94. The van der Waals surface area contributed by atoms with E-state index in [9.17, 15) is 4.79 Å². The van der Waals surface area contributed by atoms with Crippen LogP contribution in [-0.2, 0) is 0 Å². The van der Waals surface area contributed by atoms with Gasteiger partial charge in [-0.15, -0.1) is 0 Å². The van der Waals surface area contributed by atoms with Crippen molar-refractivity contribution < 1.29 is 4.52 Å². The number of nitrogens with one attached hydrogen (secondary N) is 2. The van der Waals surface area contributed by atoms with Gasteiger partial charge in [-0.25, -0.2) is 9.95 Å². The summed E-state index contributed by atoms with van der Waals surface area (Å²) in [5, 5.41) is 4.40. The number of benzene rings is 2. The summed E-state index contributed by atoms with van der Waals surface area (Å²) in [4.78, 5) is 14.9. The molecule has 0 atom stereocenters. The van der Waals surface area contributed by atoms with Gasteiger partial charge in [0, 0.05) is 22.2 Å². The van der Waals surface area contributed by atoms with Crippen LogP contribution >= 0.6 is 0 Å². The van der Waals surface area contributed by atoms with Crippen molar-refractivity contribution in [1.29, 1.82) is 0 Å². The Morgan fingerprint density at radius 2 is 1.89 bits per heavy atom. The third-order valence-electron chi connectivity index (χ3n) is 3.35. The lowest BCUT2D eigenvalue weighted by Crippen LogP contribution is -1.90.